The molecule has 1 aromatic heterocycles. The van der Waals surface area contributed by atoms with Gasteiger partial charge in [0.2, 0.25) is 0 Å². The zero-order valence-electron chi connectivity index (χ0n) is 17.3. The summed E-state index contributed by atoms with van der Waals surface area (Å²) < 4.78 is 0. The summed E-state index contributed by atoms with van der Waals surface area (Å²) in [4.78, 5) is 20.1. The van der Waals surface area contributed by atoms with E-state index < -0.39 is 0 Å². The predicted octanol–water partition coefficient (Wildman–Crippen LogP) is 5.69. The number of nitrogens with one attached hydrogen (secondary N) is 1. The Balaban J connectivity index is 1.70. The molecule has 0 radical (unpaired) electrons. The number of anilines is 2. The number of hydrogen-bond acceptors (Lipinski definition) is 3. The highest BCUT2D eigenvalue weighted by atomic mass is 16.1. The minimum absolute atomic E-state index is 0.121. The number of hydrogen-bond donors (Lipinski definition) is 1. The van der Waals surface area contributed by atoms with Crippen molar-refractivity contribution in [2.75, 3.05) is 17.3 Å². The number of amides is 1. The lowest BCUT2D eigenvalue weighted by atomic mass is 10.1. The topological polar surface area (TPSA) is 45.2 Å². The first-order chi connectivity index (χ1) is 14.7. The molecule has 0 saturated carbocycles. The molecule has 0 bridgehead atoms. The van der Waals surface area contributed by atoms with Crippen molar-refractivity contribution < 1.29 is 4.79 Å². The molecule has 0 saturated heterocycles. The van der Waals surface area contributed by atoms with Crippen molar-refractivity contribution in [2.24, 2.45) is 0 Å². The summed E-state index contributed by atoms with van der Waals surface area (Å²) in [6.07, 6.45) is 0.860. The van der Waals surface area contributed by atoms with Crippen LogP contribution >= 0.6 is 0 Å². The second-order valence-electron chi connectivity index (χ2n) is 7.35. The summed E-state index contributed by atoms with van der Waals surface area (Å²) in [6, 6.07) is 27.8. The molecule has 4 aromatic rings. The second-order valence-corrected chi connectivity index (χ2v) is 7.35. The maximum atomic E-state index is 13.3. The Bertz CT molecular complexity index is 1170. The number of benzene rings is 3. The van der Waals surface area contributed by atoms with E-state index in [-0.39, 0.29) is 5.91 Å². The van der Waals surface area contributed by atoms with E-state index in [1.165, 1.54) is 5.56 Å². The zero-order valence-corrected chi connectivity index (χ0v) is 17.3. The summed E-state index contributed by atoms with van der Waals surface area (Å²) in [6.45, 7) is 2.80. The molecule has 4 rings (SSSR count). The molecule has 150 valence electrons. The summed E-state index contributed by atoms with van der Waals surface area (Å²) in [5.74, 6) is 0.648. The number of aromatic nitrogens is 1. The molecule has 3 aromatic carbocycles. The number of fused-ring (bicyclic) bond motifs is 1. The largest absolute Gasteiger partial charge is 0.355 e. The second kappa shape index (κ2) is 8.78. The van der Waals surface area contributed by atoms with Crippen molar-refractivity contribution in [3.8, 4) is 0 Å². The third kappa shape index (κ3) is 4.18. The van der Waals surface area contributed by atoms with E-state index in [1.807, 2.05) is 79.8 Å². The van der Waals surface area contributed by atoms with E-state index in [0.717, 1.165) is 34.4 Å². The quantitative estimate of drug-likeness (QED) is 0.456. The summed E-state index contributed by atoms with van der Waals surface area (Å²) in [5, 5.41) is 3.95. The number of nitrogens with zero attached hydrogens (tertiary/aromatic N) is 2. The molecule has 0 aliphatic rings. The number of aryl methyl sites for hydroxylation is 1. The van der Waals surface area contributed by atoms with Gasteiger partial charge in [-0.25, -0.2) is 4.98 Å². The van der Waals surface area contributed by atoms with Crippen LogP contribution < -0.4 is 10.2 Å². The SMILES string of the molecule is CCc1ccccc1NC(=O)c1cc(N(C)Cc2ccccc2)nc2ccccc12. The Morgan fingerprint density at radius 3 is 2.43 bits per heavy atom. The Morgan fingerprint density at radius 2 is 1.63 bits per heavy atom. The molecule has 1 N–H and O–H groups in total. The van der Waals surface area contributed by atoms with Crippen LogP contribution in [0.2, 0.25) is 0 Å². The summed E-state index contributed by atoms with van der Waals surface area (Å²) in [5.41, 5.74) is 4.60. The van der Waals surface area contributed by atoms with Gasteiger partial charge >= 0.3 is 0 Å². The van der Waals surface area contributed by atoms with Gasteiger partial charge in [0.25, 0.3) is 5.91 Å². The number of rotatable bonds is 6. The molecular weight excluding hydrogens is 370 g/mol. The van der Waals surface area contributed by atoms with Gasteiger partial charge in [-0.3, -0.25) is 4.79 Å². The Morgan fingerprint density at radius 1 is 0.933 bits per heavy atom. The first-order valence-electron chi connectivity index (χ1n) is 10.2. The highest BCUT2D eigenvalue weighted by Gasteiger charge is 2.16. The number of carbonyl (C=O) groups excluding carboxylic acids is 1. The highest BCUT2D eigenvalue weighted by Crippen LogP contribution is 2.25. The fourth-order valence-corrected chi connectivity index (χ4v) is 3.62. The Hall–Kier alpha value is -3.66. The molecule has 0 unspecified atom stereocenters. The number of para-hydroxylation sites is 2. The zero-order chi connectivity index (χ0) is 20.9. The van der Waals surface area contributed by atoms with E-state index in [2.05, 4.69) is 29.3 Å². The Labute approximate surface area is 177 Å². The van der Waals surface area contributed by atoms with Crippen LogP contribution in [-0.2, 0) is 13.0 Å². The van der Waals surface area contributed by atoms with Gasteiger partial charge in [0.1, 0.15) is 5.82 Å². The van der Waals surface area contributed by atoms with Crippen LogP contribution in [0.1, 0.15) is 28.4 Å². The lowest BCUT2D eigenvalue weighted by Gasteiger charge is -2.20. The van der Waals surface area contributed by atoms with Gasteiger partial charge in [0.05, 0.1) is 11.1 Å². The molecule has 1 amide bonds. The minimum Gasteiger partial charge on any atom is -0.355 e. The van der Waals surface area contributed by atoms with Gasteiger partial charge in [0, 0.05) is 24.7 Å². The molecule has 0 fully saturated rings. The monoisotopic (exact) mass is 395 g/mol. The third-order valence-corrected chi connectivity index (χ3v) is 5.25. The smallest absolute Gasteiger partial charge is 0.256 e. The van der Waals surface area contributed by atoms with Gasteiger partial charge in [-0.05, 0) is 35.7 Å². The molecule has 30 heavy (non-hydrogen) atoms. The normalized spacial score (nSPS) is 10.7. The molecule has 0 aliphatic carbocycles. The van der Waals surface area contributed by atoms with Crippen molar-refractivity contribution in [3.63, 3.8) is 0 Å². The van der Waals surface area contributed by atoms with Crippen LogP contribution in [0.3, 0.4) is 0 Å². The van der Waals surface area contributed by atoms with Crippen molar-refractivity contribution in [3.05, 3.63) is 102 Å². The van der Waals surface area contributed by atoms with E-state index >= 15 is 0 Å². The summed E-state index contributed by atoms with van der Waals surface area (Å²) >= 11 is 0. The van der Waals surface area contributed by atoms with Gasteiger partial charge in [-0.15, -0.1) is 0 Å². The maximum Gasteiger partial charge on any atom is 0.256 e. The van der Waals surface area contributed by atoms with Crippen LogP contribution in [0.5, 0.6) is 0 Å². The summed E-state index contributed by atoms with van der Waals surface area (Å²) in [7, 11) is 2.00. The lowest BCUT2D eigenvalue weighted by Crippen LogP contribution is -2.20. The lowest BCUT2D eigenvalue weighted by molar-refractivity contribution is 0.102. The molecule has 4 heteroatoms. The molecule has 0 spiro atoms. The highest BCUT2D eigenvalue weighted by molar-refractivity contribution is 6.13. The Kier molecular flexibility index (Phi) is 5.75. The number of carbonyl (C=O) groups is 1. The molecule has 0 aliphatic heterocycles. The van der Waals surface area contributed by atoms with E-state index in [4.69, 9.17) is 4.98 Å². The van der Waals surface area contributed by atoms with E-state index in [9.17, 15) is 4.79 Å². The van der Waals surface area contributed by atoms with Crippen molar-refractivity contribution >= 4 is 28.3 Å². The molecule has 0 atom stereocenters. The third-order valence-electron chi connectivity index (χ3n) is 5.25. The fourth-order valence-electron chi connectivity index (χ4n) is 3.62. The average Bonchev–Trinajstić information content (AvgIpc) is 2.79. The van der Waals surface area contributed by atoms with Crippen LogP contribution in [0.15, 0.2) is 84.9 Å². The maximum absolute atomic E-state index is 13.3. The van der Waals surface area contributed by atoms with Crippen LogP contribution in [-0.4, -0.2) is 17.9 Å². The van der Waals surface area contributed by atoms with Gasteiger partial charge < -0.3 is 10.2 Å². The molecule has 4 nitrogen and oxygen atoms in total. The molecule has 1 heterocycles. The van der Waals surface area contributed by atoms with Crippen LogP contribution in [0, 0.1) is 0 Å². The predicted molar refractivity (Wildman–Crippen MR) is 124 cm³/mol. The van der Waals surface area contributed by atoms with Gasteiger partial charge in [-0.2, -0.15) is 0 Å². The first kappa shape index (κ1) is 19.6. The van der Waals surface area contributed by atoms with Gasteiger partial charge in [0.15, 0.2) is 0 Å². The van der Waals surface area contributed by atoms with E-state index in [0.29, 0.717) is 12.1 Å². The number of pyridine rings is 1. The van der Waals surface area contributed by atoms with Crippen LogP contribution in [0.4, 0.5) is 11.5 Å². The van der Waals surface area contributed by atoms with Crippen LogP contribution in [0.25, 0.3) is 10.9 Å². The van der Waals surface area contributed by atoms with Gasteiger partial charge in [-0.1, -0.05) is 73.7 Å². The average molecular weight is 396 g/mol. The fraction of sp³-hybridized carbons (Fsp3) is 0.154. The molecular formula is C26H25N3O. The van der Waals surface area contributed by atoms with Crippen molar-refractivity contribution in [1.29, 1.82) is 0 Å². The van der Waals surface area contributed by atoms with Crippen molar-refractivity contribution in [2.45, 2.75) is 19.9 Å². The first-order valence-corrected chi connectivity index (χ1v) is 10.2. The van der Waals surface area contributed by atoms with E-state index in [1.54, 1.807) is 0 Å². The van der Waals surface area contributed by atoms with Crippen molar-refractivity contribution in [1.82, 2.24) is 4.98 Å². The standard InChI is InChI=1S/C26H25N3O/c1-3-20-13-7-9-15-23(20)28-26(30)22-17-25(27-24-16-10-8-14-21(22)24)29(2)18-19-11-5-4-6-12-19/h4-17H,3,18H2,1-2H3,(H,28,30). The minimum atomic E-state index is -0.121.